The molecule has 0 amide bonds. The van der Waals surface area contributed by atoms with Crippen molar-refractivity contribution < 1.29 is 4.74 Å². The summed E-state index contributed by atoms with van der Waals surface area (Å²) in [5, 5.41) is 15.7. The largest absolute Gasteiger partial charge is 0.379 e. The zero-order valence-electron chi connectivity index (χ0n) is 16.2. The molecule has 26 heavy (non-hydrogen) atoms. The van der Waals surface area contributed by atoms with Gasteiger partial charge in [0.05, 0.1) is 31.4 Å². The van der Waals surface area contributed by atoms with Crippen molar-refractivity contribution in [2.24, 2.45) is 10.9 Å². The Kier molecular flexibility index (Phi) is 8.39. The number of aliphatic imine (C=N–C) groups is 1. The summed E-state index contributed by atoms with van der Waals surface area (Å²) >= 11 is 0. The molecule has 0 saturated carbocycles. The third-order valence-corrected chi connectivity index (χ3v) is 4.61. The second-order valence-corrected chi connectivity index (χ2v) is 6.84. The Balaban J connectivity index is 1.95. The third kappa shape index (κ3) is 6.32. The van der Waals surface area contributed by atoms with Crippen molar-refractivity contribution in [2.75, 3.05) is 39.4 Å². The molecule has 1 aliphatic rings. The summed E-state index contributed by atoms with van der Waals surface area (Å²) in [4.78, 5) is 7.19. The van der Waals surface area contributed by atoms with Gasteiger partial charge in [0.2, 0.25) is 0 Å². The molecule has 0 radical (unpaired) electrons. The van der Waals surface area contributed by atoms with Gasteiger partial charge in [-0.2, -0.15) is 5.26 Å². The molecule has 1 aromatic carbocycles. The zero-order chi connectivity index (χ0) is 18.8. The fourth-order valence-electron chi connectivity index (χ4n) is 3.09. The smallest absolute Gasteiger partial charge is 0.191 e. The second kappa shape index (κ2) is 10.8. The van der Waals surface area contributed by atoms with Crippen LogP contribution in [0.5, 0.6) is 0 Å². The Bertz CT molecular complexity index is 600. The molecule has 0 aromatic heterocycles. The van der Waals surface area contributed by atoms with Crippen molar-refractivity contribution in [3.63, 3.8) is 0 Å². The second-order valence-electron chi connectivity index (χ2n) is 6.84. The molecule has 0 aliphatic carbocycles. The summed E-state index contributed by atoms with van der Waals surface area (Å²) in [7, 11) is 0. The number of guanidine groups is 1. The number of nitrogens with one attached hydrogen (secondary N) is 2. The SMILES string of the molecule is CCNC(=NCc1ccc(C#N)cc1)NCC(C(C)C)N1CCOCC1. The Morgan fingerprint density at radius 3 is 2.50 bits per heavy atom. The highest BCUT2D eigenvalue weighted by molar-refractivity contribution is 5.79. The van der Waals surface area contributed by atoms with Gasteiger partial charge in [0, 0.05) is 32.2 Å². The lowest BCUT2D eigenvalue weighted by Gasteiger charge is -2.37. The van der Waals surface area contributed by atoms with Crippen molar-refractivity contribution in [1.82, 2.24) is 15.5 Å². The monoisotopic (exact) mass is 357 g/mol. The topological polar surface area (TPSA) is 72.7 Å². The third-order valence-electron chi connectivity index (χ3n) is 4.61. The number of nitrogens with zero attached hydrogens (tertiary/aromatic N) is 3. The molecule has 142 valence electrons. The van der Waals surface area contributed by atoms with Gasteiger partial charge < -0.3 is 15.4 Å². The summed E-state index contributed by atoms with van der Waals surface area (Å²) in [6.07, 6.45) is 0. The standard InChI is InChI=1S/C20H31N5O/c1-4-22-20(23-14-18-7-5-17(13-21)6-8-18)24-15-19(16(2)3)25-9-11-26-12-10-25/h5-8,16,19H,4,9-12,14-15H2,1-3H3,(H2,22,23,24). The van der Waals surface area contributed by atoms with Gasteiger partial charge in [-0.25, -0.2) is 4.99 Å². The van der Waals surface area contributed by atoms with Gasteiger partial charge >= 0.3 is 0 Å². The molecule has 1 saturated heterocycles. The maximum absolute atomic E-state index is 8.88. The summed E-state index contributed by atoms with van der Waals surface area (Å²) in [5.74, 6) is 1.39. The van der Waals surface area contributed by atoms with Crippen LogP contribution in [0.1, 0.15) is 31.9 Å². The zero-order valence-corrected chi connectivity index (χ0v) is 16.2. The molecule has 6 heteroatoms. The molecule has 6 nitrogen and oxygen atoms in total. The predicted octanol–water partition coefficient (Wildman–Crippen LogP) is 1.97. The van der Waals surface area contributed by atoms with Gasteiger partial charge in [-0.1, -0.05) is 26.0 Å². The number of hydrogen-bond donors (Lipinski definition) is 2. The summed E-state index contributed by atoms with van der Waals surface area (Å²) in [5.41, 5.74) is 1.77. The molecule has 2 N–H and O–H groups in total. The van der Waals surface area contributed by atoms with Crippen LogP contribution in [0.2, 0.25) is 0 Å². The van der Waals surface area contributed by atoms with E-state index in [4.69, 9.17) is 10.00 Å². The minimum absolute atomic E-state index is 0.456. The van der Waals surface area contributed by atoms with Crippen molar-refractivity contribution in [3.05, 3.63) is 35.4 Å². The molecule has 2 rings (SSSR count). The fraction of sp³-hybridized carbons (Fsp3) is 0.600. The number of ether oxygens (including phenoxy) is 1. The normalized spacial score (nSPS) is 17.0. The Morgan fingerprint density at radius 1 is 1.23 bits per heavy atom. The fourth-order valence-corrected chi connectivity index (χ4v) is 3.09. The molecular weight excluding hydrogens is 326 g/mol. The molecule has 1 aliphatic heterocycles. The lowest BCUT2D eigenvalue weighted by Crippen LogP contribution is -2.52. The van der Waals surface area contributed by atoms with E-state index in [1.54, 1.807) is 0 Å². The Labute approximate surface area is 157 Å². The lowest BCUT2D eigenvalue weighted by atomic mass is 10.0. The van der Waals surface area contributed by atoms with Gasteiger partial charge in [0.1, 0.15) is 0 Å². The molecule has 1 fully saturated rings. The Hall–Kier alpha value is -2.10. The van der Waals surface area contributed by atoms with Gasteiger partial charge in [0.15, 0.2) is 5.96 Å². The lowest BCUT2D eigenvalue weighted by molar-refractivity contribution is 0.00752. The van der Waals surface area contributed by atoms with Gasteiger partial charge in [0.25, 0.3) is 0 Å². The summed E-state index contributed by atoms with van der Waals surface area (Å²) < 4.78 is 5.48. The van der Waals surface area contributed by atoms with Crippen LogP contribution in [0.3, 0.4) is 0 Å². The maximum atomic E-state index is 8.88. The van der Waals surface area contributed by atoms with Crippen LogP contribution in [0.15, 0.2) is 29.3 Å². The van der Waals surface area contributed by atoms with Crippen LogP contribution >= 0.6 is 0 Å². The molecule has 0 spiro atoms. The highest BCUT2D eigenvalue weighted by Gasteiger charge is 2.23. The van der Waals surface area contributed by atoms with E-state index in [2.05, 4.69) is 47.4 Å². The first kappa shape index (κ1) is 20.2. The highest BCUT2D eigenvalue weighted by Crippen LogP contribution is 2.12. The molecule has 1 unspecified atom stereocenters. The first-order chi connectivity index (χ1) is 12.6. The van der Waals surface area contributed by atoms with E-state index >= 15 is 0 Å². The van der Waals surface area contributed by atoms with E-state index < -0.39 is 0 Å². The van der Waals surface area contributed by atoms with Crippen LogP contribution in [-0.4, -0.2) is 56.3 Å². The van der Waals surface area contributed by atoms with Crippen molar-refractivity contribution in [1.29, 1.82) is 5.26 Å². The van der Waals surface area contributed by atoms with E-state index in [9.17, 15) is 0 Å². The first-order valence-electron chi connectivity index (χ1n) is 9.47. The van der Waals surface area contributed by atoms with Crippen molar-refractivity contribution in [3.8, 4) is 6.07 Å². The van der Waals surface area contributed by atoms with Gasteiger partial charge in [-0.15, -0.1) is 0 Å². The van der Waals surface area contributed by atoms with Crippen LogP contribution < -0.4 is 10.6 Å². The maximum Gasteiger partial charge on any atom is 0.191 e. The first-order valence-corrected chi connectivity index (χ1v) is 9.47. The molecule has 0 bridgehead atoms. The molecular formula is C20H31N5O. The number of nitriles is 1. The van der Waals surface area contributed by atoms with E-state index in [0.717, 1.165) is 50.9 Å². The van der Waals surface area contributed by atoms with Crippen LogP contribution in [0, 0.1) is 17.2 Å². The predicted molar refractivity (Wildman–Crippen MR) is 105 cm³/mol. The van der Waals surface area contributed by atoms with E-state index in [1.807, 2.05) is 24.3 Å². The minimum atomic E-state index is 0.456. The molecule has 1 heterocycles. The van der Waals surface area contributed by atoms with Gasteiger partial charge in [-0.05, 0) is 30.5 Å². The molecule has 1 aromatic rings. The van der Waals surface area contributed by atoms with Crippen LogP contribution in [0.25, 0.3) is 0 Å². The van der Waals surface area contributed by atoms with Crippen LogP contribution in [-0.2, 0) is 11.3 Å². The number of benzene rings is 1. The Morgan fingerprint density at radius 2 is 1.92 bits per heavy atom. The summed E-state index contributed by atoms with van der Waals surface area (Å²) in [6.45, 7) is 12.5. The average Bonchev–Trinajstić information content (AvgIpc) is 2.67. The number of rotatable bonds is 7. The average molecular weight is 358 g/mol. The van der Waals surface area contributed by atoms with E-state index in [-0.39, 0.29) is 0 Å². The van der Waals surface area contributed by atoms with E-state index in [1.165, 1.54) is 0 Å². The number of morpholine rings is 1. The highest BCUT2D eigenvalue weighted by atomic mass is 16.5. The van der Waals surface area contributed by atoms with Gasteiger partial charge in [-0.3, -0.25) is 4.90 Å². The minimum Gasteiger partial charge on any atom is -0.379 e. The molecule has 1 atom stereocenters. The quantitative estimate of drug-likeness (QED) is 0.577. The van der Waals surface area contributed by atoms with Crippen molar-refractivity contribution >= 4 is 5.96 Å². The van der Waals surface area contributed by atoms with Crippen LogP contribution in [0.4, 0.5) is 0 Å². The van der Waals surface area contributed by atoms with Crippen molar-refractivity contribution in [2.45, 2.75) is 33.4 Å². The number of hydrogen-bond acceptors (Lipinski definition) is 4. The van der Waals surface area contributed by atoms with E-state index in [0.29, 0.717) is 24.1 Å². The summed E-state index contributed by atoms with van der Waals surface area (Å²) in [6, 6.07) is 10.2.